The molecule has 0 unspecified atom stereocenters. The Morgan fingerprint density at radius 3 is 1.14 bits per heavy atom. The SMILES string of the molecule is CCN(CO)c1nc(N(CC)CO)nc(N(CO)CO)n1. The summed E-state index contributed by atoms with van der Waals surface area (Å²) in [5.41, 5.74) is 0. The van der Waals surface area contributed by atoms with Crippen molar-refractivity contribution in [3.8, 4) is 0 Å². The molecule has 4 N–H and O–H groups in total. The molecular formula is C11H22N6O4. The second kappa shape index (κ2) is 8.52. The van der Waals surface area contributed by atoms with Crippen LogP contribution in [0.5, 0.6) is 0 Å². The smallest absolute Gasteiger partial charge is 0.235 e. The van der Waals surface area contributed by atoms with Crippen LogP contribution in [0.25, 0.3) is 0 Å². The fourth-order valence-corrected chi connectivity index (χ4v) is 1.55. The van der Waals surface area contributed by atoms with E-state index in [2.05, 4.69) is 15.0 Å². The monoisotopic (exact) mass is 302 g/mol. The molecule has 1 aromatic rings. The van der Waals surface area contributed by atoms with Crippen molar-refractivity contribution in [2.45, 2.75) is 13.8 Å². The average Bonchev–Trinajstić information content (AvgIpc) is 2.51. The highest BCUT2D eigenvalue weighted by Gasteiger charge is 2.18. The van der Waals surface area contributed by atoms with Gasteiger partial charge in [-0.1, -0.05) is 0 Å². The highest BCUT2D eigenvalue weighted by Crippen LogP contribution is 2.18. The highest BCUT2D eigenvalue weighted by molar-refractivity contribution is 5.45. The van der Waals surface area contributed by atoms with Crippen molar-refractivity contribution < 1.29 is 20.4 Å². The Hall–Kier alpha value is -1.75. The van der Waals surface area contributed by atoms with Crippen LogP contribution in [0.15, 0.2) is 0 Å². The first-order valence-corrected chi connectivity index (χ1v) is 6.59. The Labute approximate surface area is 122 Å². The van der Waals surface area contributed by atoms with Gasteiger partial charge in [0.2, 0.25) is 17.8 Å². The van der Waals surface area contributed by atoms with Crippen molar-refractivity contribution in [3.05, 3.63) is 0 Å². The van der Waals surface area contributed by atoms with Gasteiger partial charge in [-0.15, -0.1) is 0 Å². The van der Waals surface area contributed by atoms with Crippen molar-refractivity contribution in [1.29, 1.82) is 0 Å². The molecule has 0 bridgehead atoms. The third-order valence-electron chi connectivity index (χ3n) is 2.89. The Morgan fingerprint density at radius 1 is 0.619 bits per heavy atom. The quantitative estimate of drug-likeness (QED) is 0.385. The number of aliphatic hydroxyl groups excluding tert-OH is 4. The number of hydrogen-bond donors (Lipinski definition) is 4. The largest absolute Gasteiger partial charge is 0.376 e. The molecule has 0 fully saturated rings. The van der Waals surface area contributed by atoms with Crippen LogP contribution in [-0.2, 0) is 0 Å². The molecule has 1 aromatic heterocycles. The molecular weight excluding hydrogens is 280 g/mol. The van der Waals surface area contributed by atoms with Gasteiger partial charge >= 0.3 is 0 Å². The fraction of sp³-hybridized carbons (Fsp3) is 0.727. The van der Waals surface area contributed by atoms with Crippen LogP contribution in [0.2, 0.25) is 0 Å². The molecule has 10 nitrogen and oxygen atoms in total. The van der Waals surface area contributed by atoms with E-state index in [9.17, 15) is 20.4 Å². The zero-order chi connectivity index (χ0) is 15.8. The number of nitrogens with zero attached hydrogens (tertiary/aromatic N) is 6. The lowest BCUT2D eigenvalue weighted by Crippen LogP contribution is -2.33. The first-order chi connectivity index (χ1) is 10.1. The summed E-state index contributed by atoms with van der Waals surface area (Å²) in [6, 6.07) is 0. The molecule has 10 heteroatoms. The summed E-state index contributed by atoms with van der Waals surface area (Å²) in [4.78, 5) is 16.5. The third-order valence-corrected chi connectivity index (χ3v) is 2.89. The van der Waals surface area contributed by atoms with Crippen LogP contribution >= 0.6 is 0 Å². The van der Waals surface area contributed by atoms with Crippen LogP contribution in [0.3, 0.4) is 0 Å². The maximum atomic E-state index is 9.32. The van der Waals surface area contributed by atoms with Gasteiger partial charge in [0.1, 0.15) is 26.9 Å². The van der Waals surface area contributed by atoms with Gasteiger partial charge in [-0.25, -0.2) is 0 Å². The van der Waals surface area contributed by atoms with Crippen molar-refractivity contribution in [2.75, 3.05) is 54.7 Å². The molecule has 0 aromatic carbocycles. The zero-order valence-electron chi connectivity index (χ0n) is 12.2. The van der Waals surface area contributed by atoms with Gasteiger partial charge in [-0.05, 0) is 13.8 Å². The molecule has 120 valence electrons. The molecule has 0 aliphatic heterocycles. The summed E-state index contributed by atoms with van der Waals surface area (Å²) in [6.45, 7) is 3.03. The Kier molecular flexibility index (Phi) is 7.02. The average molecular weight is 302 g/mol. The summed E-state index contributed by atoms with van der Waals surface area (Å²) in [5.74, 6) is 0.441. The molecule has 0 aliphatic rings. The van der Waals surface area contributed by atoms with Crippen molar-refractivity contribution in [2.24, 2.45) is 0 Å². The summed E-state index contributed by atoms with van der Waals surface area (Å²) in [6.07, 6.45) is 0. The second-order valence-electron chi connectivity index (χ2n) is 4.05. The van der Waals surface area contributed by atoms with Crippen LogP contribution in [-0.4, -0.2) is 75.4 Å². The minimum atomic E-state index is -0.476. The van der Waals surface area contributed by atoms with E-state index in [-0.39, 0.29) is 31.3 Å². The number of aliphatic hydroxyl groups is 4. The number of anilines is 3. The topological polar surface area (TPSA) is 129 Å². The predicted octanol–water partition coefficient (Wildman–Crippen LogP) is -1.87. The fourth-order valence-electron chi connectivity index (χ4n) is 1.55. The van der Waals surface area contributed by atoms with Gasteiger partial charge in [-0.3, -0.25) is 4.90 Å². The molecule has 0 saturated carbocycles. The molecule has 1 heterocycles. The van der Waals surface area contributed by atoms with E-state index in [1.807, 2.05) is 13.8 Å². The van der Waals surface area contributed by atoms with Crippen LogP contribution in [0.4, 0.5) is 17.8 Å². The van der Waals surface area contributed by atoms with E-state index in [4.69, 9.17) is 0 Å². The summed E-state index contributed by atoms with van der Waals surface area (Å²) in [5, 5.41) is 37.0. The van der Waals surface area contributed by atoms with Gasteiger partial charge < -0.3 is 30.2 Å². The summed E-state index contributed by atoms with van der Waals surface area (Å²) in [7, 11) is 0. The van der Waals surface area contributed by atoms with Gasteiger partial charge in [0.05, 0.1) is 0 Å². The van der Waals surface area contributed by atoms with Gasteiger partial charge in [-0.2, -0.15) is 15.0 Å². The summed E-state index contributed by atoms with van der Waals surface area (Å²) < 4.78 is 0. The van der Waals surface area contributed by atoms with Crippen molar-refractivity contribution in [1.82, 2.24) is 15.0 Å². The maximum Gasteiger partial charge on any atom is 0.235 e. The van der Waals surface area contributed by atoms with E-state index >= 15 is 0 Å². The minimum absolute atomic E-state index is 0.0544. The molecule has 0 spiro atoms. The Morgan fingerprint density at radius 2 is 0.905 bits per heavy atom. The minimum Gasteiger partial charge on any atom is -0.376 e. The zero-order valence-corrected chi connectivity index (χ0v) is 12.2. The van der Waals surface area contributed by atoms with E-state index in [0.29, 0.717) is 13.1 Å². The van der Waals surface area contributed by atoms with Gasteiger partial charge in [0, 0.05) is 13.1 Å². The van der Waals surface area contributed by atoms with Crippen LogP contribution in [0.1, 0.15) is 13.8 Å². The standard InChI is InChI=1S/C11H22N6O4/c1-3-15(5-18)9-12-10(16(4-2)6-19)14-11(13-9)17(7-20)8-21/h18-21H,3-8H2,1-2H3. The lowest BCUT2D eigenvalue weighted by Gasteiger charge is -2.24. The first-order valence-electron chi connectivity index (χ1n) is 6.59. The normalized spacial score (nSPS) is 10.6. The Bertz CT molecular complexity index is 349. The molecule has 0 atom stereocenters. The third kappa shape index (κ3) is 4.11. The molecule has 21 heavy (non-hydrogen) atoms. The summed E-state index contributed by atoms with van der Waals surface area (Å²) >= 11 is 0. The van der Waals surface area contributed by atoms with Gasteiger partial charge in [0.15, 0.2) is 0 Å². The number of aromatic nitrogens is 3. The number of hydrogen-bond acceptors (Lipinski definition) is 10. The van der Waals surface area contributed by atoms with E-state index in [0.717, 1.165) is 4.90 Å². The second-order valence-corrected chi connectivity index (χ2v) is 4.05. The Balaban J connectivity index is 3.30. The van der Waals surface area contributed by atoms with E-state index in [1.165, 1.54) is 9.80 Å². The number of rotatable bonds is 9. The van der Waals surface area contributed by atoms with Gasteiger partial charge in [0.25, 0.3) is 0 Å². The van der Waals surface area contributed by atoms with Crippen molar-refractivity contribution >= 4 is 17.8 Å². The lowest BCUT2D eigenvalue weighted by molar-refractivity contribution is 0.220. The predicted molar refractivity (Wildman–Crippen MR) is 76.7 cm³/mol. The molecule has 0 amide bonds. The van der Waals surface area contributed by atoms with Crippen LogP contribution < -0.4 is 14.7 Å². The maximum absolute atomic E-state index is 9.32. The molecule has 1 rings (SSSR count). The van der Waals surface area contributed by atoms with Crippen LogP contribution in [0, 0.1) is 0 Å². The molecule has 0 saturated heterocycles. The molecule has 0 aliphatic carbocycles. The lowest BCUT2D eigenvalue weighted by atomic mass is 10.6. The molecule has 0 radical (unpaired) electrons. The van der Waals surface area contributed by atoms with E-state index in [1.54, 1.807) is 0 Å². The first kappa shape index (κ1) is 17.3. The van der Waals surface area contributed by atoms with E-state index < -0.39 is 13.5 Å². The highest BCUT2D eigenvalue weighted by atomic mass is 16.3. The van der Waals surface area contributed by atoms with Crippen molar-refractivity contribution in [3.63, 3.8) is 0 Å².